The molecule has 4 nitrogen and oxygen atoms in total. The fourth-order valence-corrected chi connectivity index (χ4v) is 2.59. The van der Waals surface area contributed by atoms with E-state index in [1.54, 1.807) is 25.1 Å². The fraction of sp³-hybridized carbons (Fsp3) is 0.562. The predicted octanol–water partition coefficient (Wildman–Crippen LogP) is 2.60. The molecule has 0 radical (unpaired) electrons. The second-order valence-corrected chi connectivity index (χ2v) is 6.63. The molecule has 0 aliphatic carbocycles. The lowest BCUT2D eigenvalue weighted by atomic mass is 9.82. The maximum absolute atomic E-state index is 12.3. The Kier molecular flexibility index (Phi) is 3.93. The molecule has 0 saturated carbocycles. The summed E-state index contributed by atoms with van der Waals surface area (Å²) in [5.74, 6) is 0.0323. The van der Waals surface area contributed by atoms with E-state index < -0.39 is 0 Å². The molecule has 0 aromatic heterocycles. The minimum absolute atomic E-state index is 0.0323. The van der Waals surface area contributed by atoms with E-state index in [-0.39, 0.29) is 5.91 Å². The smallest absolute Gasteiger partial charge is 0.255 e. The highest BCUT2D eigenvalue weighted by Crippen LogP contribution is 2.34. The third-order valence-electron chi connectivity index (χ3n) is 4.12. The van der Waals surface area contributed by atoms with Crippen molar-refractivity contribution in [2.24, 2.45) is 5.41 Å². The molecule has 0 spiro atoms. The second kappa shape index (κ2) is 5.35. The highest BCUT2D eigenvalue weighted by Gasteiger charge is 2.27. The van der Waals surface area contributed by atoms with E-state index in [0.29, 0.717) is 11.1 Å². The number of rotatable bonds is 2. The van der Waals surface area contributed by atoms with Gasteiger partial charge in [-0.2, -0.15) is 0 Å². The van der Waals surface area contributed by atoms with Crippen LogP contribution in [-0.4, -0.2) is 38.0 Å². The number of piperidine rings is 1. The van der Waals surface area contributed by atoms with E-state index in [4.69, 9.17) is 5.73 Å². The number of nitrogens with two attached hydrogens (primary N) is 1. The lowest BCUT2D eigenvalue weighted by Gasteiger charge is -2.39. The number of hydrogen-bond acceptors (Lipinski definition) is 3. The van der Waals surface area contributed by atoms with Crippen molar-refractivity contribution in [3.8, 4) is 0 Å². The molecule has 1 aromatic carbocycles. The zero-order valence-corrected chi connectivity index (χ0v) is 12.9. The Morgan fingerprint density at radius 1 is 1.25 bits per heavy atom. The Hall–Kier alpha value is -1.71. The van der Waals surface area contributed by atoms with Crippen LogP contribution in [0.15, 0.2) is 18.2 Å². The minimum atomic E-state index is 0.0323. The third-order valence-corrected chi connectivity index (χ3v) is 4.12. The standard InChI is InChI=1S/C16H25N3O/c1-16(2)7-9-19(10-8-16)14-11-12(17)5-6-13(14)15(20)18(3)4/h5-6,11H,7-10,17H2,1-4H3. The van der Waals surface area contributed by atoms with Crippen LogP contribution in [0.1, 0.15) is 37.0 Å². The summed E-state index contributed by atoms with van der Waals surface area (Å²) in [5, 5.41) is 0. The van der Waals surface area contributed by atoms with Crippen LogP contribution in [0.2, 0.25) is 0 Å². The first-order valence-electron chi connectivity index (χ1n) is 7.16. The van der Waals surface area contributed by atoms with E-state index in [0.717, 1.165) is 37.2 Å². The molecule has 1 heterocycles. The lowest BCUT2D eigenvalue weighted by molar-refractivity contribution is 0.0828. The van der Waals surface area contributed by atoms with Crippen molar-refractivity contribution in [3.05, 3.63) is 23.8 Å². The van der Waals surface area contributed by atoms with Crippen molar-refractivity contribution in [2.45, 2.75) is 26.7 Å². The minimum Gasteiger partial charge on any atom is -0.399 e. The Morgan fingerprint density at radius 2 is 1.85 bits per heavy atom. The van der Waals surface area contributed by atoms with Gasteiger partial charge in [-0.05, 0) is 36.5 Å². The largest absolute Gasteiger partial charge is 0.399 e. The number of benzene rings is 1. The maximum atomic E-state index is 12.3. The molecular formula is C16H25N3O. The van der Waals surface area contributed by atoms with Crippen LogP contribution in [0.3, 0.4) is 0 Å². The van der Waals surface area contributed by atoms with Crippen LogP contribution in [0.25, 0.3) is 0 Å². The van der Waals surface area contributed by atoms with Gasteiger partial charge in [0.25, 0.3) is 5.91 Å². The quantitative estimate of drug-likeness (QED) is 0.844. The number of amides is 1. The monoisotopic (exact) mass is 275 g/mol. The van der Waals surface area contributed by atoms with Crippen molar-refractivity contribution in [1.82, 2.24) is 4.90 Å². The normalized spacial score (nSPS) is 17.9. The van der Waals surface area contributed by atoms with Crippen molar-refractivity contribution < 1.29 is 4.79 Å². The second-order valence-electron chi connectivity index (χ2n) is 6.63. The van der Waals surface area contributed by atoms with E-state index in [1.807, 2.05) is 12.1 Å². The fourth-order valence-electron chi connectivity index (χ4n) is 2.59. The number of carbonyl (C=O) groups excluding carboxylic acids is 1. The molecule has 1 aliphatic heterocycles. The third kappa shape index (κ3) is 3.06. The summed E-state index contributed by atoms with van der Waals surface area (Å²) in [4.78, 5) is 16.2. The van der Waals surface area contributed by atoms with Gasteiger partial charge < -0.3 is 15.5 Å². The van der Waals surface area contributed by atoms with Gasteiger partial charge in [-0.1, -0.05) is 13.8 Å². The topological polar surface area (TPSA) is 49.6 Å². The molecule has 110 valence electrons. The van der Waals surface area contributed by atoms with E-state index in [2.05, 4.69) is 18.7 Å². The molecular weight excluding hydrogens is 250 g/mol. The van der Waals surface area contributed by atoms with Gasteiger partial charge in [0.15, 0.2) is 0 Å². The highest BCUT2D eigenvalue weighted by atomic mass is 16.2. The molecule has 1 amide bonds. The molecule has 4 heteroatoms. The number of hydrogen-bond donors (Lipinski definition) is 1. The van der Waals surface area contributed by atoms with Gasteiger partial charge in [0, 0.05) is 32.9 Å². The Labute approximate surface area is 121 Å². The SMILES string of the molecule is CN(C)C(=O)c1ccc(N)cc1N1CCC(C)(C)CC1. The molecule has 1 aliphatic rings. The first kappa shape index (κ1) is 14.7. The van der Waals surface area contributed by atoms with Crippen molar-refractivity contribution in [1.29, 1.82) is 0 Å². The van der Waals surface area contributed by atoms with E-state index in [9.17, 15) is 4.79 Å². The average Bonchev–Trinajstić information content (AvgIpc) is 2.37. The van der Waals surface area contributed by atoms with Gasteiger partial charge in [0.05, 0.1) is 11.3 Å². The maximum Gasteiger partial charge on any atom is 0.255 e. The summed E-state index contributed by atoms with van der Waals surface area (Å²) in [6, 6.07) is 5.57. The van der Waals surface area contributed by atoms with Crippen LogP contribution in [-0.2, 0) is 0 Å². The van der Waals surface area contributed by atoms with Gasteiger partial charge in [0.2, 0.25) is 0 Å². The van der Waals surface area contributed by atoms with Crippen LogP contribution >= 0.6 is 0 Å². The summed E-state index contributed by atoms with van der Waals surface area (Å²) >= 11 is 0. The van der Waals surface area contributed by atoms with Crippen LogP contribution in [0.4, 0.5) is 11.4 Å². The first-order valence-corrected chi connectivity index (χ1v) is 7.16. The number of carbonyl (C=O) groups is 1. The van der Waals surface area contributed by atoms with Crippen molar-refractivity contribution in [2.75, 3.05) is 37.8 Å². The number of anilines is 2. The molecule has 1 aromatic rings. The number of nitrogen functional groups attached to an aromatic ring is 1. The lowest BCUT2D eigenvalue weighted by Crippen LogP contribution is -2.38. The van der Waals surface area contributed by atoms with Crippen molar-refractivity contribution in [3.63, 3.8) is 0 Å². The average molecular weight is 275 g/mol. The summed E-state index contributed by atoms with van der Waals surface area (Å²) in [6.45, 7) is 6.56. The zero-order valence-electron chi connectivity index (χ0n) is 12.9. The molecule has 0 atom stereocenters. The molecule has 1 fully saturated rings. The van der Waals surface area contributed by atoms with Gasteiger partial charge in [-0.25, -0.2) is 0 Å². The van der Waals surface area contributed by atoms with Gasteiger partial charge in [-0.15, -0.1) is 0 Å². The van der Waals surface area contributed by atoms with Crippen LogP contribution in [0, 0.1) is 5.41 Å². The molecule has 2 N–H and O–H groups in total. The molecule has 20 heavy (non-hydrogen) atoms. The Morgan fingerprint density at radius 3 is 2.40 bits per heavy atom. The van der Waals surface area contributed by atoms with E-state index >= 15 is 0 Å². The summed E-state index contributed by atoms with van der Waals surface area (Å²) in [7, 11) is 3.56. The first-order chi connectivity index (χ1) is 9.30. The van der Waals surface area contributed by atoms with E-state index in [1.165, 1.54) is 0 Å². The molecule has 2 rings (SSSR count). The number of nitrogens with zero attached hydrogens (tertiary/aromatic N) is 2. The van der Waals surface area contributed by atoms with Crippen LogP contribution < -0.4 is 10.6 Å². The van der Waals surface area contributed by atoms with Gasteiger partial charge >= 0.3 is 0 Å². The summed E-state index contributed by atoms with van der Waals surface area (Å²) in [5.41, 5.74) is 8.72. The van der Waals surface area contributed by atoms with Crippen molar-refractivity contribution >= 4 is 17.3 Å². The Bertz CT molecular complexity index is 498. The Balaban J connectivity index is 2.31. The highest BCUT2D eigenvalue weighted by molar-refractivity contribution is 6.00. The molecule has 0 bridgehead atoms. The van der Waals surface area contributed by atoms with Gasteiger partial charge in [0.1, 0.15) is 0 Å². The predicted molar refractivity (Wildman–Crippen MR) is 84.1 cm³/mol. The zero-order chi connectivity index (χ0) is 14.9. The summed E-state index contributed by atoms with van der Waals surface area (Å²) < 4.78 is 0. The molecule has 1 saturated heterocycles. The molecule has 0 unspecified atom stereocenters. The van der Waals surface area contributed by atoms with Gasteiger partial charge in [-0.3, -0.25) is 4.79 Å². The van der Waals surface area contributed by atoms with Crippen LogP contribution in [0.5, 0.6) is 0 Å². The summed E-state index contributed by atoms with van der Waals surface area (Å²) in [6.07, 6.45) is 2.27.